The van der Waals surface area contributed by atoms with Crippen LogP contribution in [0.5, 0.6) is 0 Å². The van der Waals surface area contributed by atoms with E-state index in [1.54, 1.807) is 21.5 Å². The normalized spacial score (nSPS) is 20.1. The maximum Gasteiger partial charge on any atom is 0.254 e. The molecule has 0 saturated heterocycles. The van der Waals surface area contributed by atoms with E-state index in [1.807, 2.05) is 18.0 Å². The molecule has 0 unspecified atom stereocenters. The van der Waals surface area contributed by atoms with E-state index < -0.39 is 8.07 Å². The van der Waals surface area contributed by atoms with E-state index >= 15 is 0 Å². The minimum atomic E-state index is -2.24. The highest BCUT2D eigenvalue weighted by Crippen LogP contribution is 2.43. The Labute approximate surface area is 288 Å². The molecule has 0 N–H and O–H groups in total. The van der Waals surface area contributed by atoms with Crippen molar-refractivity contribution in [3.63, 3.8) is 0 Å². The predicted octanol–water partition coefficient (Wildman–Crippen LogP) is 5.74. The van der Waals surface area contributed by atoms with Gasteiger partial charge in [-0.05, 0) is 113 Å². The fourth-order valence-corrected chi connectivity index (χ4v) is 13.8. The third kappa shape index (κ3) is 4.45. The molecule has 0 radical (unpaired) electrons. The Bertz CT molecular complexity index is 2100. The highest BCUT2D eigenvalue weighted by molar-refractivity contribution is 7.02. The zero-order chi connectivity index (χ0) is 33.7. The van der Waals surface area contributed by atoms with Crippen molar-refractivity contribution >= 4 is 47.8 Å². The van der Waals surface area contributed by atoms with Gasteiger partial charge in [0.15, 0.2) is 5.54 Å². The third-order valence-corrected chi connectivity index (χ3v) is 15.8. The van der Waals surface area contributed by atoms with Gasteiger partial charge in [-0.15, -0.1) is 0 Å². The Hall–Kier alpha value is -3.70. The van der Waals surface area contributed by atoms with E-state index in [4.69, 9.17) is 0 Å². The summed E-state index contributed by atoms with van der Waals surface area (Å²) in [6, 6.07) is 13.5. The van der Waals surface area contributed by atoms with E-state index in [9.17, 15) is 4.79 Å². The van der Waals surface area contributed by atoms with Crippen molar-refractivity contribution in [3.05, 3.63) is 98.1 Å². The largest absolute Gasteiger partial charge is 0.362 e. The zero-order valence-electron chi connectivity index (χ0n) is 30.4. The third-order valence-electron chi connectivity index (χ3n) is 12.2. The van der Waals surface area contributed by atoms with Crippen molar-refractivity contribution in [3.8, 4) is 0 Å². The van der Waals surface area contributed by atoms with E-state index in [0.717, 1.165) is 56.4 Å². The van der Waals surface area contributed by atoms with Crippen LogP contribution in [0, 0.1) is 0 Å². The summed E-state index contributed by atoms with van der Waals surface area (Å²) in [4.78, 5) is 18.9. The van der Waals surface area contributed by atoms with Gasteiger partial charge in [0.25, 0.3) is 5.91 Å². The second-order valence-electron chi connectivity index (χ2n) is 16.5. The highest BCUT2D eigenvalue weighted by Gasteiger charge is 2.46. The number of carbonyl (C=O) groups is 1. The van der Waals surface area contributed by atoms with Crippen LogP contribution >= 0.6 is 0 Å². The molecular weight excluding hydrogens is 603 g/mol. The number of carbonyl (C=O) groups excluding carboxylic acids is 1. The summed E-state index contributed by atoms with van der Waals surface area (Å²) in [5.41, 5.74) is 11.8. The average Bonchev–Trinajstić information content (AvgIpc) is 3.06. The molecule has 48 heavy (non-hydrogen) atoms. The van der Waals surface area contributed by atoms with Gasteiger partial charge in [0.05, 0.1) is 5.54 Å². The van der Waals surface area contributed by atoms with Crippen molar-refractivity contribution in [1.82, 2.24) is 9.48 Å². The number of benzene rings is 3. The lowest BCUT2D eigenvalue weighted by Gasteiger charge is -2.48. The molecule has 0 spiro atoms. The molecule has 1 amide bonds. The number of hydrogen-bond acceptors (Lipinski definition) is 2. The van der Waals surface area contributed by atoms with Gasteiger partial charge in [-0.3, -0.25) is 4.79 Å². The van der Waals surface area contributed by atoms with E-state index in [-0.39, 0.29) is 17.0 Å². The van der Waals surface area contributed by atoms with Gasteiger partial charge in [-0.2, -0.15) is 0 Å². The van der Waals surface area contributed by atoms with Crippen LogP contribution in [0.4, 0.5) is 5.69 Å². The predicted molar refractivity (Wildman–Crippen MR) is 205 cm³/mol. The molecule has 0 aromatic heterocycles. The summed E-state index contributed by atoms with van der Waals surface area (Å²) in [5, 5.41) is 6.06. The highest BCUT2D eigenvalue weighted by atomic mass is 28.3. The van der Waals surface area contributed by atoms with E-state index in [0.29, 0.717) is 0 Å². The van der Waals surface area contributed by atoms with Gasteiger partial charge < -0.3 is 9.80 Å². The molecule has 0 bridgehead atoms. The minimum Gasteiger partial charge on any atom is -0.362 e. The first kappa shape index (κ1) is 31.6. The van der Waals surface area contributed by atoms with Crippen molar-refractivity contribution in [2.45, 2.75) is 97.3 Å². The van der Waals surface area contributed by atoms with Crippen LogP contribution in [0.15, 0.2) is 48.6 Å². The first-order valence-corrected chi connectivity index (χ1v) is 21.4. The first-order valence-electron chi connectivity index (χ1n) is 18.4. The van der Waals surface area contributed by atoms with Crippen LogP contribution in [-0.4, -0.2) is 56.6 Å². The van der Waals surface area contributed by atoms with Crippen LogP contribution in [0.2, 0.25) is 13.1 Å². The van der Waals surface area contributed by atoms with Crippen LogP contribution in [0.3, 0.4) is 0 Å². The maximum atomic E-state index is 14.3. The smallest absolute Gasteiger partial charge is 0.254 e. The van der Waals surface area contributed by atoms with Crippen LogP contribution < -0.4 is 30.4 Å². The topological polar surface area (TPSA) is 26.6 Å². The Morgan fingerprint density at radius 2 is 1.69 bits per heavy atom. The number of nitrogens with zero attached hydrogens (tertiary/aromatic N) is 3. The molecular formula is C43H52N3OSi+. The molecule has 5 aliphatic rings. The van der Waals surface area contributed by atoms with Gasteiger partial charge in [-0.1, -0.05) is 56.8 Å². The van der Waals surface area contributed by atoms with Gasteiger partial charge in [0, 0.05) is 62.8 Å². The molecule has 8 rings (SSSR count). The second kappa shape index (κ2) is 10.9. The Morgan fingerprint density at radius 3 is 2.48 bits per heavy atom. The summed E-state index contributed by atoms with van der Waals surface area (Å²) >= 11 is 0. The summed E-state index contributed by atoms with van der Waals surface area (Å²) in [7, 11) is -0.268. The van der Waals surface area contributed by atoms with Gasteiger partial charge >= 0.3 is 0 Å². The Kier molecular flexibility index (Phi) is 7.17. The summed E-state index contributed by atoms with van der Waals surface area (Å²) in [6.07, 6.45) is 16.2. The molecule has 3 aromatic rings. The standard InChI is InChI=1S/C43H52N3OSi/c1-9-10-23-44(6)41(47)31-16-12-11-15-30(31)36-34-26-28-19-21-42(2,3)45-24-13-17-32(37(28)45)39(34)48(7,8)40-33-18-14-25-46-38(33)29(27-35(36)40)20-22-43(46,4)5/h11-12,15-16,19-22,26-27H,9-10,13-14,17-18,23-25H2,1-8H3/q+1. The van der Waals surface area contributed by atoms with Crippen molar-refractivity contribution in [1.29, 1.82) is 0 Å². The molecule has 248 valence electrons. The Morgan fingerprint density at radius 1 is 0.938 bits per heavy atom. The summed E-state index contributed by atoms with van der Waals surface area (Å²) in [6.45, 7) is 19.9. The first-order chi connectivity index (χ1) is 22.9. The summed E-state index contributed by atoms with van der Waals surface area (Å²) < 4.78 is 2.69. The van der Waals surface area contributed by atoms with E-state index in [2.05, 4.69) is 112 Å². The van der Waals surface area contributed by atoms with Gasteiger partial charge in [-0.25, -0.2) is 4.58 Å². The Balaban J connectivity index is 1.54. The maximum absolute atomic E-state index is 14.3. The number of amides is 1. The molecule has 3 aromatic carbocycles. The molecule has 0 aliphatic carbocycles. The monoisotopic (exact) mass is 654 g/mol. The van der Waals surface area contributed by atoms with Crippen LogP contribution in [-0.2, 0) is 12.8 Å². The number of anilines is 1. The van der Waals surface area contributed by atoms with Crippen LogP contribution in [0.1, 0.15) is 104 Å². The second-order valence-corrected chi connectivity index (χ2v) is 20.8. The SMILES string of the molecule is CCCCN(C)C(=O)c1ccccc1C1=c2cc3c4c(c2[Si](C)(C)c2c1cc1c5c2CCCN5C(C)(C)C=C1)CCC[N+]=4C(C)(C)C=C3. The lowest BCUT2D eigenvalue weighted by molar-refractivity contribution is 0.0793. The number of hydrogen-bond donors (Lipinski definition) is 0. The number of fused-ring (bicyclic) bond motifs is 4. The molecule has 0 fully saturated rings. The van der Waals surface area contributed by atoms with E-state index in [1.165, 1.54) is 51.4 Å². The zero-order valence-corrected chi connectivity index (χ0v) is 31.4. The van der Waals surface area contributed by atoms with Crippen molar-refractivity contribution in [2.75, 3.05) is 31.6 Å². The molecule has 5 aliphatic heterocycles. The molecule has 4 nitrogen and oxygen atoms in total. The van der Waals surface area contributed by atoms with Crippen molar-refractivity contribution in [2.24, 2.45) is 0 Å². The fraction of sp³-hybridized carbons (Fsp3) is 0.442. The van der Waals surface area contributed by atoms with Crippen molar-refractivity contribution < 1.29 is 4.79 Å². The molecule has 5 heteroatoms. The van der Waals surface area contributed by atoms with Gasteiger partial charge in [0.2, 0.25) is 5.36 Å². The number of rotatable bonds is 5. The fourth-order valence-electron chi connectivity index (χ4n) is 9.82. The quantitative estimate of drug-likeness (QED) is 0.259. The van der Waals surface area contributed by atoms with Crippen LogP contribution in [0.25, 0.3) is 17.7 Å². The molecule has 0 atom stereocenters. The lowest BCUT2D eigenvalue weighted by Crippen LogP contribution is -2.68. The molecule has 0 saturated carbocycles. The lowest BCUT2D eigenvalue weighted by atomic mass is 9.82. The summed E-state index contributed by atoms with van der Waals surface area (Å²) in [5.74, 6) is 0.121. The number of unbranched alkanes of at least 4 members (excludes halogenated alkanes) is 1. The minimum absolute atomic E-state index is 0.00714. The average molecular weight is 655 g/mol. The molecule has 5 heterocycles. The van der Waals surface area contributed by atoms with Gasteiger partial charge in [0.1, 0.15) is 14.6 Å².